The van der Waals surface area contributed by atoms with Crippen molar-refractivity contribution in [3.63, 3.8) is 0 Å². The number of alkyl carbamates (subject to hydrolysis) is 1. The summed E-state index contributed by atoms with van der Waals surface area (Å²) in [5.41, 5.74) is 5.26. The molecule has 0 spiro atoms. The van der Waals surface area contributed by atoms with Crippen molar-refractivity contribution in [2.75, 3.05) is 13.1 Å². The Morgan fingerprint density at radius 2 is 2.07 bits per heavy atom. The van der Waals surface area contributed by atoms with E-state index in [1.54, 1.807) is 6.08 Å². The third-order valence-electron chi connectivity index (χ3n) is 2.49. The molecule has 1 amide bonds. The molecule has 0 aliphatic heterocycles. The molecule has 1 rings (SSSR count). The molecule has 4 heteroatoms. The third kappa shape index (κ3) is 5.42. The maximum absolute atomic E-state index is 11.3. The van der Waals surface area contributed by atoms with E-state index in [-0.39, 0.29) is 12.2 Å². The van der Waals surface area contributed by atoms with Gasteiger partial charge >= 0.3 is 6.09 Å². The molecule has 1 aliphatic rings. The van der Waals surface area contributed by atoms with Gasteiger partial charge in [-0.05, 0) is 25.7 Å². The molecule has 4 nitrogen and oxygen atoms in total. The van der Waals surface area contributed by atoms with E-state index in [2.05, 4.69) is 5.32 Å². The van der Waals surface area contributed by atoms with E-state index >= 15 is 0 Å². The molecular weight excluding hydrogens is 192 g/mol. The first-order valence-corrected chi connectivity index (χ1v) is 5.62. The van der Waals surface area contributed by atoms with Gasteiger partial charge in [-0.2, -0.15) is 0 Å². The topological polar surface area (TPSA) is 64.3 Å². The number of ether oxygens (including phenoxy) is 1. The quantitative estimate of drug-likeness (QED) is 0.695. The Balaban J connectivity index is 2.09. The van der Waals surface area contributed by atoms with Crippen LogP contribution in [0.4, 0.5) is 4.79 Å². The lowest BCUT2D eigenvalue weighted by Gasteiger charge is -2.21. The van der Waals surface area contributed by atoms with Gasteiger partial charge in [-0.25, -0.2) is 4.79 Å². The molecule has 15 heavy (non-hydrogen) atoms. The van der Waals surface area contributed by atoms with Gasteiger partial charge in [0, 0.05) is 13.1 Å². The summed E-state index contributed by atoms with van der Waals surface area (Å²) >= 11 is 0. The summed E-state index contributed by atoms with van der Waals surface area (Å²) in [5, 5.41) is 2.66. The molecule has 86 valence electrons. The molecular formula is C11H20N2O2. The molecule has 0 atom stereocenters. The number of rotatable bonds is 4. The van der Waals surface area contributed by atoms with Crippen molar-refractivity contribution in [1.82, 2.24) is 5.32 Å². The van der Waals surface area contributed by atoms with Crippen molar-refractivity contribution in [3.05, 3.63) is 12.2 Å². The smallest absolute Gasteiger partial charge is 0.407 e. The summed E-state index contributed by atoms with van der Waals surface area (Å²) in [7, 11) is 0. The van der Waals surface area contributed by atoms with E-state index in [9.17, 15) is 4.79 Å². The Labute approximate surface area is 90.9 Å². The minimum absolute atomic E-state index is 0.122. The lowest BCUT2D eigenvalue weighted by Crippen LogP contribution is -2.30. The molecule has 0 bridgehead atoms. The van der Waals surface area contributed by atoms with Crippen LogP contribution in [0.15, 0.2) is 12.2 Å². The molecule has 0 aromatic carbocycles. The molecule has 0 aromatic heterocycles. The van der Waals surface area contributed by atoms with Crippen LogP contribution in [0, 0.1) is 0 Å². The van der Waals surface area contributed by atoms with Crippen LogP contribution < -0.4 is 11.1 Å². The van der Waals surface area contributed by atoms with Crippen LogP contribution in [0.25, 0.3) is 0 Å². The normalized spacial score (nSPS) is 17.9. The van der Waals surface area contributed by atoms with Gasteiger partial charge in [-0.3, -0.25) is 0 Å². The van der Waals surface area contributed by atoms with Crippen LogP contribution in [-0.2, 0) is 4.74 Å². The van der Waals surface area contributed by atoms with Crippen LogP contribution in [0.3, 0.4) is 0 Å². The second-order valence-corrected chi connectivity index (χ2v) is 3.75. The summed E-state index contributed by atoms with van der Waals surface area (Å²) in [4.78, 5) is 11.3. The van der Waals surface area contributed by atoms with Crippen molar-refractivity contribution in [2.45, 2.75) is 38.2 Å². The first kappa shape index (κ1) is 12.0. The SMILES string of the molecule is NCC=CCNC(=O)OC1CCCCC1. The zero-order valence-electron chi connectivity index (χ0n) is 9.08. The highest BCUT2D eigenvalue weighted by molar-refractivity contribution is 5.67. The Bertz CT molecular complexity index is 211. The van der Waals surface area contributed by atoms with Gasteiger partial charge in [0.25, 0.3) is 0 Å². The van der Waals surface area contributed by atoms with Crippen molar-refractivity contribution in [3.8, 4) is 0 Å². The lowest BCUT2D eigenvalue weighted by atomic mass is 9.98. The number of hydrogen-bond acceptors (Lipinski definition) is 3. The highest BCUT2D eigenvalue weighted by Crippen LogP contribution is 2.20. The highest BCUT2D eigenvalue weighted by atomic mass is 16.6. The van der Waals surface area contributed by atoms with Gasteiger partial charge in [-0.15, -0.1) is 0 Å². The molecule has 0 aromatic rings. The van der Waals surface area contributed by atoms with Crippen LogP contribution in [0.5, 0.6) is 0 Å². The first-order chi connectivity index (χ1) is 7.33. The number of amides is 1. The average molecular weight is 212 g/mol. The van der Waals surface area contributed by atoms with Gasteiger partial charge in [0.1, 0.15) is 6.10 Å². The van der Waals surface area contributed by atoms with Crippen LogP contribution in [0.1, 0.15) is 32.1 Å². The standard InChI is InChI=1S/C11H20N2O2/c12-8-4-5-9-13-11(14)15-10-6-2-1-3-7-10/h4-5,10H,1-3,6-9,12H2,(H,13,14). The Hall–Kier alpha value is -1.03. The summed E-state index contributed by atoms with van der Waals surface area (Å²) in [6.45, 7) is 0.988. The predicted octanol–water partition coefficient (Wildman–Crippen LogP) is 1.56. The van der Waals surface area contributed by atoms with E-state index in [0.717, 1.165) is 12.8 Å². The fraction of sp³-hybridized carbons (Fsp3) is 0.727. The molecule has 1 fully saturated rings. The zero-order chi connectivity index (χ0) is 10.9. The summed E-state index contributed by atoms with van der Waals surface area (Å²) in [6, 6.07) is 0. The predicted molar refractivity (Wildman–Crippen MR) is 59.6 cm³/mol. The zero-order valence-corrected chi connectivity index (χ0v) is 9.08. The van der Waals surface area contributed by atoms with Crippen molar-refractivity contribution in [1.29, 1.82) is 0 Å². The van der Waals surface area contributed by atoms with Gasteiger partial charge in [0.15, 0.2) is 0 Å². The van der Waals surface area contributed by atoms with Gasteiger partial charge in [0.2, 0.25) is 0 Å². The minimum atomic E-state index is -0.316. The maximum Gasteiger partial charge on any atom is 0.407 e. The van der Waals surface area contributed by atoms with E-state index in [1.807, 2.05) is 6.08 Å². The van der Waals surface area contributed by atoms with Crippen LogP contribution in [0.2, 0.25) is 0 Å². The van der Waals surface area contributed by atoms with E-state index < -0.39 is 0 Å². The second-order valence-electron chi connectivity index (χ2n) is 3.75. The minimum Gasteiger partial charge on any atom is -0.446 e. The fourth-order valence-corrected chi connectivity index (χ4v) is 1.70. The van der Waals surface area contributed by atoms with Crippen LogP contribution >= 0.6 is 0 Å². The lowest BCUT2D eigenvalue weighted by molar-refractivity contribution is 0.0761. The van der Waals surface area contributed by atoms with Gasteiger partial charge < -0.3 is 15.8 Å². The monoisotopic (exact) mass is 212 g/mol. The van der Waals surface area contributed by atoms with E-state index in [0.29, 0.717) is 13.1 Å². The number of nitrogens with two attached hydrogens (primary N) is 1. The number of nitrogens with one attached hydrogen (secondary N) is 1. The molecule has 1 aliphatic carbocycles. The van der Waals surface area contributed by atoms with Gasteiger partial charge in [0.05, 0.1) is 0 Å². The van der Waals surface area contributed by atoms with Crippen molar-refractivity contribution in [2.24, 2.45) is 5.73 Å². The molecule has 0 radical (unpaired) electrons. The highest BCUT2D eigenvalue weighted by Gasteiger charge is 2.16. The van der Waals surface area contributed by atoms with Crippen molar-refractivity contribution >= 4 is 6.09 Å². The average Bonchev–Trinajstić information content (AvgIpc) is 2.26. The summed E-state index contributed by atoms with van der Waals surface area (Å²) in [6.07, 6.45) is 9.05. The Morgan fingerprint density at radius 1 is 1.33 bits per heavy atom. The fourth-order valence-electron chi connectivity index (χ4n) is 1.70. The molecule has 3 N–H and O–H groups in total. The second kappa shape index (κ2) is 7.29. The largest absolute Gasteiger partial charge is 0.446 e. The Morgan fingerprint density at radius 3 is 2.73 bits per heavy atom. The maximum atomic E-state index is 11.3. The van der Waals surface area contributed by atoms with E-state index in [1.165, 1.54) is 19.3 Å². The number of carbonyl (C=O) groups is 1. The van der Waals surface area contributed by atoms with Crippen LogP contribution in [-0.4, -0.2) is 25.3 Å². The molecule has 0 unspecified atom stereocenters. The summed E-state index contributed by atoms with van der Waals surface area (Å²) in [5.74, 6) is 0. The number of carbonyl (C=O) groups excluding carboxylic acids is 1. The first-order valence-electron chi connectivity index (χ1n) is 5.62. The Kier molecular flexibility index (Phi) is 5.85. The molecule has 0 heterocycles. The molecule has 0 saturated heterocycles. The van der Waals surface area contributed by atoms with E-state index in [4.69, 9.17) is 10.5 Å². The molecule has 1 saturated carbocycles. The van der Waals surface area contributed by atoms with Crippen molar-refractivity contribution < 1.29 is 9.53 Å². The third-order valence-corrected chi connectivity index (χ3v) is 2.49. The summed E-state index contributed by atoms with van der Waals surface area (Å²) < 4.78 is 5.26. The van der Waals surface area contributed by atoms with Gasteiger partial charge in [-0.1, -0.05) is 18.6 Å². The number of hydrogen-bond donors (Lipinski definition) is 2.